The summed E-state index contributed by atoms with van der Waals surface area (Å²) in [6.07, 6.45) is 5.09. The van der Waals surface area contributed by atoms with Gasteiger partial charge in [-0.05, 0) is 19.3 Å². The maximum atomic E-state index is 13.8. The summed E-state index contributed by atoms with van der Waals surface area (Å²) in [4.78, 5) is 7.87. The number of hydrogen-bond acceptors (Lipinski definition) is 3. The Morgan fingerprint density at radius 2 is 2.06 bits per heavy atom. The molecule has 0 fully saturated rings. The van der Waals surface area contributed by atoms with Gasteiger partial charge < -0.3 is 5.32 Å². The van der Waals surface area contributed by atoms with Crippen LogP contribution in [0.15, 0.2) is 6.33 Å². The van der Waals surface area contributed by atoms with E-state index in [1.54, 1.807) is 0 Å². The van der Waals surface area contributed by atoms with Gasteiger partial charge in [-0.25, -0.2) is 14.4 Å². The molecule has 0 saturated heterocycles. The number of nitrogens with one attached hydrogen (secondary N) is 1. The molecule has 1 heterocycles. The Bertz CT molecular complexity index is 328. The van der Waals surface area contributed by atoms with Crippen molar-refractivity contribution in [3.8, 4) is 0 Å². The van der Waals surface area contributed by atoms with Crippen LogP contribution in [0, 0.1) is 5.82 Å². The Morgan fingerprint density at radius 1 is 1.31 bits per heavy atom. The molecule has 0 aliphatic carbocycles. The van der Waals surface area contributed by atoms with E-state index in [1.165, 1.54) is 6.33 Å². The highest BCUT2D eigenvalue weighted by Crippen LogP contribution is 2.16. The van der Waals surface area contributed by atoms with E-state index in [4.69, 9.17) is 0 Å². The van der Waals surface area contributed by atoms with E-state index in [0.29, 0.717) is 24.0 Å². The molecular weight excluding hydrogens is 205 g/mol. The Labute approximate surface area is 96.5 Å². The minimum atomic E-state index is -0.306. The fourth-order valence-electron chi connectivity index (χ4n) is 1.67. The normalized spacial score (nSPS) is 12.5. The van der Waals surface area contributed by atoms with Crippen molar-refractivity contribution in [2.24, 2.45) is 0 Å². The predicted octanol–water partition coefficient (Wildman–Crippen LogP) is 3.17. The Morgan fingerprint density at radius 3 is 2.62 bits per heavy atom. The maximum Gasteiger partial charge on any atom is 0.186 e. The summed E-state index contributed by atoms with van der Waals surface area (Å²) in [6.45, 7) is 6.10. The molecule has 4 heteroatoms. The summed E-state index contributed by atoms with van der Waals surface area (Å²) in [7, 11) is 0. The summed E-state index contributed by atoms with van der Waals surface area (Å²) in [5, 5.41) is 3.15. The van der Waals surface area contributed by atoms with Gasteiger partial charge in [0.05, 0.1) is 5.69 Å². The van der Waals surface area contributed by atoms with Crippen molar-refractivity contribution in [1.82, 2.24) is 9.97 Å². The van der Waals surface area contributed by atoms with Crippen LogP contribution in [0.4, 0.5) is 10.2 Å². The van der Waals surface area contributed by atoms with Gasteiger partial charge in [-0.2, -0.15) is 0 Å². The Balaban J connectivity index is 2.79. The van der Waals surface area contributed by atoms with Crippen LogP contribution in [-0.4, -0.2) is 16.0 Å². The highest BCUT2D eigenvalue weighted by atomic mass is 19.1. The van der Waals surface area contributed by atoms with Gasteiger partial charge in [0.1, 0.15) is 6.33 Å². The molecule has 0 bridgehead atoms. The van der Waals surface area contributed by atoms with Crippen molar-refractivity contribution in [3.05, 3.63) is 17.8 Å². The molecule has 0 aromatic carbocycles. The molecule has 16 heavy (non-hydrogen) atoms. The third-order valence-electron chi connectivity index (χ3n) is 2.67. The molecule has 1 rings (SSSR count). The standard InChI is InChI=1S/C12H20FN3/c1-4-7-9(5-2)16-12-11(13)10(6-3)14-8-15-12/h8-9H,4-7H2,1-3H3,(H,14,15,16). The van der Waals surface area contributed by atoms with Crippen molar-refractivity contribution >= 4 is 5.82 Å². The van der Waals surface area contributed by atoms with Crippen LogP contribution in [0.25, 0.3) is 0 Å². The smallest absolute Gasteiger partial charge is 0.186 e. The summed E-state index contributed by atoms with van der Waals surface area (Å²) in [5.41, 5.74) is 0.476. The molecule has 1 aromatic rings. The molecule has 1 unspecified atom stereocenters. The first kappa shape index (κ1) is 12.9. The van der Waals surface area contributed by atoms with Crippen LogP contribution in [0.3, 0.4) is 0 Å². The molecule has 0 aliphatic rings. The van der Waals surface area contributed by atoms with Gasteiger partial charge >= 0.3 is 0 Å². The van der Waals surface area contributed by atoms with E-state index in [2.05, 4.69) is 29.1 Å². The molecule has 3 nitrogen and oxygen atoms in total. The van der Waals surface area contributed by atoms with Crippen LogP contribution in [0.1, 0.15) is 45.7 Å². The van der Waals surface area contributed by atoms with Crippen LogP contribution < -0.4 is 5.32 Å². The maximum absolute atomic E-state index is 13.8. The quantitative estimate of drug-likeness (QED) is 0.808. The first-order valence-electron chi connectivity index (χ1n) is 5.98. The third-order valence-corrected chi connectivity index (χ3v) is 2.67. The minimum Gasteiger partial charge on any atom is -0.365 e. The second-order valence-electron chi connectivity index (χ2n) is 3.87. The lowest BCUT2D eigenvalue weighted by Gasteiger charge is -2.17. The van der Waals surface area contributed by atoms with Gasteiger partial charge in [0.25, 0.3) is 0 Å². The SMILES string of the molecule is CCCC(CC)Nc1ncnc(CC)c1F. The third kappa shape index (κ3) is 3.15. The number of aromatic nitrogens is 2. The molecule has 1 N–H and O–H groups in total. The number of rotatable bonds is 6. The van der Waals surface area contributed by atoms with Gasteiger partial charge in [-0.3, -0.25) is 0 Å². The Kier molecular flexibility index (Phi) is 5.15. The van der Waals surface area contributed by atoms with Gasteiger partial charge in [0.2, 0.25) is 0 Å². The highest BCUT2D eigenvalue weighted by molar-refractivity contribution is 5.38. The predicted molar refractivity (Wildman–Crippen MR) is 64.0 cm³/mol. The molecule has 0 aliphatic heterocycles. The fraction of sp³-hybridized carbons (Fsp3) is 0.667. The second-order valence-corrected chi connectivity index (χ2v) is 3.87. The lowest BCUT2D eigenvalue weighted by atomic mass is 10.1. The van der Waals surface area contributed by atoms with E-state index in [1.807, 2.05) is 6.92 Å². The molecule has 0 amide bonds. The number of halogens is 1. The zero-order valence-electron chi connectivity index (χ0n) is 10.3. The molecule has 1 atom stereocenters. The average molecular weight is 225 g/mol. The number of nitrogens with zero attached hydrogens (tertiary/aromatic N) is 2. The lowest BCUT2D eigenvalue weighted by molar-refractivity contribution is 0.576. The molecule has 1 aromatic heterocycles. The molecule has 90 valence electrons. The van der Waals surface area contributed by atoms with Crippen LogP contribution in [0.5, 0.6) is 0 Å². The van der Waals surface area contributed by atoms with Crippen LogP contribution >= 0.6 is 0 Å². The van der Waals surface area contributed by atoms with Crippen molar-refractivity contribution < 1.29 is 4.39 Å². The zero-order chi connectivity index (χ0) is 12.0. The van der Waals surface area contributed by atoms with Gasteiger partial charge in [-0.15, -0.1) is 0 Å². The van der Waals surface area contributed by atoms with E-state index < -0.39 is 0 Å². The molecular formula is C12H20FN3. The van der Waals surface area contributed by atoms with Crippen LogP contribution in [0.2, 0.25) is 0 Å². The van der Waals surface area contributed by atoms with E-state index in [9.17, 15) is 4.39 Å². The number of anilines is 1. The van der Waals surface area contributed by atoms with Gasteiger partial charge in [-0.1, -0.05) is 27.2 Å². The van der Waals surface area contributed by atoms with Crippen molar-refractivity contribution in [1.29, 1.82) is 0 Å². The second kappa shape index (κ2) is 6.40. The molecule has 0 spiro atoms. The highest BCUT2D eigenvalue weighted by Gasteiger charge is 2.12. The van der Waals surface area contributed by atoms with E-state index >= 15 is 0 Å². The largest absolute Gasteiger partial charge is 0.365 e. The first-order valence-corrected chi connectivity index (χ1v) is 5.98. The summed E-state index contributed by atoms with van der Waals surface area (Å²) in [6, 6.07) is 0.291. The average Bonchev–Trinajstić information content (AvgIpc) is 2.31. The number of aryl methyl sites for hydroxylation is 1. The van der Waals surface area contributed by atoms with Crippen molar-refractivity contribution in [3.63, 3.8) is 0 Å². The monoisotopic (exact) mass is 225 g/mol. The fourth-order valence-corrected chi connectivity index (χ4v) is 1.67. The van der Waals surface area contributed by atoms with Gasteiger partial charge in [0.15, 0.2) is 11.6 Å². The van der Waals surface area contributed by atoms with Crippen LogP contribution in [-0.2, 0) is 6.42 Å². The zero-order valence-corrected chi connectivity index (χ0v) is 10.3. The van der Waals surface area contributed by atoms with E-state index in [0.717, 1.165) is 19.3 Å². The van der Waals surface area contributed by atoms with Gasteiger partial charge in [0, 0.05) is 6.04 Å². The number of hydrogen-bond donors (Lipinski definition) is 1. The molecule has 0 saturated carbocycles. The van der Waals surface area contributed by atoms with E-state index in [-0.39, 0.29) is 5.82 Å². The molecule has 0 radical (unpaired) electrons. The summed E-state index contributed by atoms with van der Waals surface area (Å²) >= 11 is 0. The minimum absolute atomic E-state index is 0.291. The topological polar surface area (TPSA) is 37.8 Å². The first-order chi connectivity index (χ1) is 7.72. The van der Waals surface area contributed by atoms with Crippen molar-refractivity contribution in [2.45, 2.75) is 52.5 Å². The summed E-state index contributed by atoms with van der Waals surface area (Å²) < 4.78 is 13.8. The van der Waals surface area contributed by atoms with Crippen molar-refractivity contribution in [2.75, 3.05) is 5.32 Å². The lowest BCUT2D eigenvalue weighted by Crippen LogP contribution is -2.20. The Hall–Kier alpha value is -1.19. The summed E-state index contributed by atoms with van der Waals surface area (Å²) in [5.74, 6) is 0.0340.